The third-order valence-corrected chi connectivity index (χ3v) is 4.15. The van der Waals surface area contributed by atoms with Gasteiger partial charge in [0.15, 0.2) is 0 Å². The first kappa shape index (κ1) is 12.4. The Morgan fingerprint density at radius 2 is 2.20 bits per heavy atom. The fraction of sp³-hybridized carbons (Fsp3) is 0.875. The maximum Gasteiger partial charge on any atom is 0.221 e. The van der Waals surface area contributed by atoms with Crippen LogP contribution in [0.5, 0.6) is 0 Å². The molecule has 1 saturated heterocycles. The molecule has 2 N–H and O–H groups in total. The second kappa shape index (κ2) is 5.43. The number of rotatable bonds is 4. The minimum atomic E-state index is -3.21. The number of nitrogens with one attached hydrogen (secondary N) is 2. The quantitative estimate of drug-likeness (QED) is 0.612. The molecule has 0 aliphatic carbocycles. The molecule has 88 valence electrons. The van der Waals surface area contributed by atoms with Crippen LogP contribution in [0.1, 0.15) is 6.42 Å². The van der Waals surface area contributed by atoms with Gasteiger partial charge in [-0.3, -0.25) is 4.79 Å². The minimum absolute atomic E-state index is 0.0810. The van der Waals surface area contributed by atoms with E-state index in [1.807, 2.05) is 0 Å². The topological polar surface area (TPSA) is 78.5 Å². The van der Waals surface area contributed by atoms with Crippen molar-refractivity contribution in [3.05, 3.63) is 0 Å². The zero-order chi connectivity index (χ0) is 11.3. The monoisotopic (exact) mass is 235 g/mol. The van der Waals surface area contributed by atoms with Crippen LogP contribution in [-0.4, -0.2) is 57.6 Å². The average molecular weight is 235 g/mol. The summed E-state index contributed by atoms with van der Waals surface area (Å²) in [5.74, 6) is -0.00107. The summed E-state index contributed by atoms with van der Waals surface area (Å²) in [6.07, 6.45) is 0.249. The predicted octanol–water partition coefficient (Wildman–Crippen LogP) is -1.64. The number of nitrogens with zero attached hydrogens (tertiary/aromatic N) is 1. The van der Waals surface area contributed by atoms with Crippen molar-refractivity contribution < 1.29 is 13.2 Å². The number of sulfonamides is 1. The van der Waals surface area contributed by atoms with Crippen LogP contribution >= 0.6 is 0 Å². The van der Waals surface area contributed by atoms with Gasteiger partial charge in [-0.2, -0.15) is 4.31 Å². The van der Waals surface area contributed by atoms with Crippen molar-refractivity contribution in [2.24, 2.45) is 0 Å². The first-order valence-corrected chi connectivity index (χ1v) is 6.56. The van der Waals surface area contributed by atoms with Crippen LogP contribution in [0.4, 0.5) is 0 Å². The summed E-state index contributed by atoms with van der Waals surface area (Å²) < 4.78 is 24.9. The van der Waals surface area contributed by atoms with Gasteiger partial charge in [-0.1, -0.05) is 0 Å². The Morgan fingerprint density at radius 3 is 2.87 bits per heavy atom. The van der Waals surface area contributed by atoms with Gasteiger partial charge >= 0.3 is 0 Å². The van der Waals surface area contributed by atoms with E-state index in [9.17, 15) is 13.2 Å². The summed E-state index contributed by atoms with van der Waals surface area (Å²) in [7, 11) is -1.50. The van der Waals surface area contributed by atoms with Crippen LogP contribution < -0.4 is 10.6 Å². The maximum atomic E-state index is 11.8. The molecule has 0 aromatic heterocycles. The normalized spacial score (nSPS) is 19.7. The van der Waals surface area contributed by atoms with Gasteiger partial charge in [0.05, 0.1) is 5.75 Å². The zero-order valence-electron chi connectivity index (χ0n) is 8.82. The summed E-state index contributed by atoms with van der Waals surface area (Å²) >= 11 is 0. The van der Waals surface area contributed by atoms with Gasteiger partial charge in [-0.15, -0.1) is 0 Å². The van der Waals surface area contributed by atoms with Gasteiger partial charge in [0.2, 0.25) is 15.9 Å². The minimum Gasteiger partial charge on any atom is -0.355 e. The van der Waals surface area contributed by atoms with Crippen molar-refractivity contribution in [2.75, 3.05) is 39.0 Å². The van der Waals surface area contributed by atoms with Crippen LogP contribution in [0, 0.1) is 0 Å². The molecular formula is C8H17N3O3S. The van der Waals surface area contributed by atoms with E-state index in [4.69, 9.17) is 0 Å². The Morgan fingerprint density at radius 1 is 1.47 bits per heavy atom. The van der Waals surface area contributed by atoms with E-state index in [1.54, 1.807) is 7.05 Å². The summed E-state index contributed by atoms with van der Waals surface area (Å²) in [4.78, 5) is 11.0. The highest BCUT2D eigenvalue weighted by atomic mass is 32.2. The molecule has 1 aliphatic heterocycles. The Kier molecular flexibility index (Phi) is 4.49. The third-order valence-electron chi connectivity index (χ3n) is 2.28. The molecule has 7 heteroatoms. The molecule has 0 bridgehead atoms. The number of hydrogen-bond donors (Lipinski definition) is 2. The van der Waals surface area contributed by atoms with Gasteiger partial charge in [0, 0.05) is 32.6 Å². The zero-order valence-corrected chi connectivity index (χ0v) is 9.64. The third kappa shape index (κ3) is 3.77. The summed E-state index contributed by atoms with van der Waals surface area (Å²) in [5, 5.41) is 5.44. The van der Waals surface area contributed by atoms with Crippen molar-refractivity contribution in [1.29, 1.82) is 0 Å². The summed E-state index contributed by atoms with van der Waals surface area (Å²) in [6, 6.07) is 0. The molecule has 1 rings (SSSR count). The van der Waals surface area contributed by atoms with Crippen molar-refractivity contribution in [3.8, 4) is 0 Å². The first-order chi connectivity index (χ1) is 7.06. The van der Waals surface area contributed by atoms with Crippen molar-refractivity contribution >= 4 is 15.9 Å². The van der Waals surface area contributed by atoms with E-state index in [0.29, 0.717) is 19.6 Å². The number of hydrogen-bond acceptors (Lipinski definition) is 4. The molecule has 0 saturated carbocycles. The fourth-order valence-corrected chi connectivity index (χ4v) is 2.84. The second-order valence-electron chi connectivity index (χ2n) is 3.42. The van der Waals surface area contributed by atoms with Crippen LogP contribution in [0.3, 0.4) is 0 Å². The molecule has 0 radical (unpaired) electrons. The lowest BCUT2D eigenvalue weighted by Crippen LogP contribution is -2.38. The fourth-order valence-electron chi connectivity index (χ4n) is 1.38. The van der Waals surface area contributed by atoms with Gasteiger partial charge in [0.25, 0.3) is 0 Å². The molecule has 15 heavy (non-hydrogen) atoms. The lowest BCUT2D eigenvalue weighted by atomic mass is 10.4. The largest absolute Gasteiger partial charge is 0.355 e. The summed E-state index contributed by atoms with van der Waals surface area (Å²) in [5.41, 5.74) is 0. The molecule has 1 amide bonds. The lowest BCUT2D eigenvalue weighted by Gasteiger charge is -2.18. The van der Waals surface area contributed by atoms with Crippen LogP contribution in [0.15, 0.2) is 0 Å². The molecule has 0 atom stereocenters. The molecular weight excluding hydrogens is 218 g/mol. The first-order valence-electron chi connectivity index (χ1n) is 4.95. The number of carbonyl (C=O) groups excluding carboxylic acids is 1. The van der Waals surface area contributed by atoms with Gasteiger partial charge in [-0.25, -0.2) is 8.42 Å². The maximum absolute atomic E-state index is 11.8. The molecule has 1 aliphatic rings. The Bertz CT molecular complexity index is 315. The Balaban J connectivity index is 2.57. The van der Waals surface area contributed by atoms with Crippen LogP contribution in [-0.2, 0) is 14.8 Å². The van der Waals surface area contributed by atoms with Gasteiger partial charge in [-0.05, 0) is 7.05 Å². The molecule has 1 heterocycles. The predicted molar refractivity (Wildman–Crippen MR) is 56.9 cm³/mol. The van der Waals surface area contributed by atoms with Crippen molar-refractivity contribution in [1.82, 2.24) is 14.9 Å². The van der Waals surface area contributed by atoms with E-state index in [1.165, 1.54) is 4.31 Å². The molecule has 0 unspecified atom stereocenters. The van der Waals surface area contributed by atoms with Gasteiger partial charge < -0.3 is 10.6 Å². The van der Waals surface area contributed by atoms with Crippen LogP contribution in [0.25, 0.3) is 0 Å². The Labute approximate surface area is 90.1 Å². The molecule has 1 fully saturated rings. The molecule has 6 nitrogen and oxygen atoms in total. The van der Waals surface area contributed by atoms with Crippen LogP contribution in [0.2, 0.25) is 0 Å². The highest BCUT2D eigenvalue weighted by Gasteiger charge is 2.23. The Hall–Kier alpha value is -0.660. The molecule has 0 spiro atoms. The van der Waals surface area contributed by atoms with E-state index in [-0.39, 0.29) is 24.6 Å². The van der Waals surface area contributed by atoms with E-state index >= 15 is 0 Å². The second-order valence-corrected chi connectivity index (χ2v) is 5.51. The highest BCUT2D eigenvalue weighted by molar-refractivity contribution is 7.89. The van der Waals surface area contributed by atoms with Crippen molar-refractivity contribution in [3.63, 3.8) is 0 Å². The number of amides is 1. The SMILES string of the molecule is CNCCS(=O)(=O)N1CCNC(=O)CC1. The molecule has 0 aromatic carbocycles. The smallest absolute Gasteiger partial charge is 0.221 e. The highest BCUT2D eigenvalue weighted by Crippen LogP contribution is 2.04. The lowest BCUT2D eigenvalue weighted by molar-refractivity contribution is -0.120. The number of carbonyl (C=O) groups is 1. The van der Waals surface area contributed by atoms with Crippen molar-refractivity contribution in [2.45, 2.75) is 6.42 Å². The molecule has 0 aromatic rings. The van der Waals surface area contributed by atoms with E-state index in [2.05, 4.69) is 10.6 Å². The standard InChI is InChI=1S/C8H17N3O3S/c1-9-4-7-15(13,14)11-5-2-8(12)10-3-6-11/h9H,2-7H2,1H3,(H,10,12). The van der Waals surface area contributed by atoms with Gasteiger partial charge in [0.1, 0.15) is 0 Å². The van der Waals surface area contributed by atoms with E-state index < -0.39 is 10.0 Å². The summed E-state index contributed by atoms with van der Waals surface area (Å²) in [6.45, 7) is 1.49. The average Bonchev–Trinajstić information content (AvgIpc) is 2.40. The van der Waals surface area contributed by atoms with E-state index in [0.717, 1.165) is 0 Å².